The lowest BCUT2D eigenvalue weighted by molar-refractivity contribution is 0.619. The van der Waals surface area contributed by atoms with Crippen molar-refractivity contribution in [3.05, 3.63) is 30.0 Å². The number of aryl methyl sites for hydroxylation is 1. The summed E-state index contributed by atoms with van der Waals surface area (Å²) in [6.07, 6.45) is 0. The van der Waals surface area contributed by atoms with E-state index in [2.05, 4.69) is 36.7 Å². The third-order valence-electron chi connectivity index (χ3n) is 3.25. The van der Waals surface area contributed by atoms with Crippen LogP contribution in [0.3, 0.4) is 0 Å². The van der Waals surface area contributed by atoms with Crippen LogP contribution in [0.2, 0.25) is 0 Å². The number of hydrogen-bond donors (Lipinski definition) is 1. The molecule has 3 heteroatoms. The minimum atomic E-state index is 0.629. The summed E-state index contributed by atoms with van der Waals surface area (Å²) in [6.45, 7) is 10.8. The minimum Gasteiger partial charge on any atom is -0.399 e. The molecule has 2 N–H and O–H groups in total. The number of nitrogen functional groups attached to an aromatic ring is 1. The summed E-state index contributed by atoms with van der Waals surface area (Å²) in [7, 11) is 0. The van der Waals surface area contributed by atoms with Gasteiger partial charge in [0.1, 0.15) is 0 Å². The Labute approximate surface area is 115 Å². The third-order valence-corrected chi connectivity index (χ3v) is 3.25. The van der Waals surface area contributed by atoms with Crippen LogP contribution in [0.1, 0.15) is 26.5 Å². The van der Waals surface area contributed by atoms with Crippen LogP contribution < -0.4 is 10.6 Å². The Balaban J connectivity index is 2.59. The predicted octanol–water partition coefficient (Wildman–Crippen LogP) is 3.61. The maximum atomic E-state index is 5.93. The van der Waals surface area contributed by atoms with Gasteiger partial charge in [-0.15, -0.1) is 0 Å². The second kappa shape index (κ2) is 5.47. The molecule has 0 aliphatic rings. The van der Waals surface area contributed by atoms with E-state index in [1.54, 1.807) is 0 Å². The number of nitrogens with two attached hydrogens (primary N) is 1. The van der Waals surface area contributed by atoms with Crippen molar-refractivity contribution in [3.8, 4) is 0 Å². The standard InChI is InChI=1S/C16H23N3/c1-5-19(10-11(2)3)16-8-12(4)18-15-7-6-13(17)9-14(15)16/h6-9,11H,5,10,17H2,1-4H3. The van der Waals surface area contributed by atoms with Gasteiger partial charge >= 0.3 is 0 Å². The van der Waals surface area contributed by atoms with Crippen molar-refractivity contribution < 1.29 is 0 Å². The first-order valence-corrected chi connectivity index (χ1v) is 6.93. The van der Waals surface area contributed by atoms with Crippen molar-refractivity contribution in [1.82, 2.24) is 4.98 Å². The van der Waals surface area contributed by atoms with Crippen LogP contribution in [0.25, 0.3) is 10.9 Å². The first-order valence-electron chi connectivity index (χ1n) is 6.93. The van der Waals surface area contributed by atoms with Gasteiger partial charge in [0.15, 0.2) is 0 Å². The molecular weight excluding hydrogens is 234 g/mol. The van der Waals surface area contributed by atoms with Crippen LogP contribution in [0, 0.1) is 12.8 Å². The Hall–Kier alpha value is -1.77. The predicted molar refractivity (Wildman–Crippen MR) is 83.6 cm³/mol. The molecule has 0 aliphatic carbocycles. The SMILES string of the molecule is CCN(CC(C)C)c1cc(C)nc2ccc(N)cc12. The summed E-state index contributed by atoms with van der Waals surface area (Å²) in [5.41, 5.74) is 10.0. The number of benzene rings is 1. The maximum absolute atomic E-state index is 5.93. The first-order chi connectivity index (χ1) is 9.01. The number of anilines is 2. The van der Waals surface area contributed by atoms with Gasteiger partial charge in [-0.3, -0.25) is 4.98 Å². The van der Waals surface area contributed by atoms with E-state index in [0.29, 0.717) is 5.92 Å². The first kappa shape index (κ1) is 13.7. The molecule has 1 aromatic heterocycles. The third kappa shape index (κ3) is 2.98. The normalized spacial score (nSPS) is 11.2. The molecule has 0 aliphatic heterocycles. The van der Waals surface area contributed by atoms with Gasteiger partial charge in [-0.1, -0.05) is 13.8 Å². The highest BCUT2D eigenvalue weighted by molar-refractivity contribution is 5.94. The number of nitrogens with zero attached hydrogens (tertiary/aromatic N) is 2. The molecule has 0 saturated heterocycles. The second-order valence-corrected chi connectivity index (χ2v) is 5.49. The lowest BCUT2D eigenvalue weighted by Crippen LogP contribution is -2.27. The van der Waals surface area contributed by atoms with E-state index in [-0.39, 0.29) is 0 Å². The quantitative estimate of drug-likeness (QED) is 0.851. The highest BCUT2D eigenvalue weighted by Crippen LogP contribution is 2.28. The van der Waals surface area contributed by atoms with Crippen molar-refractivity contribution in [2.75, 3.05) is 23.7 Å². The fourth-order valence-electron chi connectivity index (χ4n) is 2.45. The summed E-state index contributed by atoms with van der Waals surface area (Å²) in [6, 6.07) is 8.11. The van der Waals surface area contributed by atoms with Gasteiger partial charge in [-0.2, -0.15) is 0 Å². The zero-order valence-electron chi connectivity index (χ0n) is 12.3. The Morgan fingerprint density at radius 1 is 1.26 bits per heavy atom. The van der Waals surface area contributed by atoms with Gasteiger partial charge in [-0.05, 0) is 44.0 Å². The van der Waals surface area contributed by atoms with Gasteiger partial charge in [0.2, 0.25) is 0 Å². The van der Waals surface area contributed by atoms with Crippen molar-refractivity contribution in [1.29, 1.82) is 0 Å². The molecule has 3 nitrogen and oxygen atoms in total. The van der Waals surface area contributed by atoms with Crippen LogP contribution in [0.5, 0.6) is 0 Å². The summed E-state index contributed by atoms with van der Waals surface area (Å²) >= 11 is 0. The minimum absolute atomic E-state index is 0.629. The molecule has 19 heavy (non-hydrogen) atoms. The van der Waals surface area contributed by atoms with Crippen LogP contribution in [0.15, 0.2) is 24.3 Å². The summed E-state index contributed by atoms with van der Waals surface area (Å²) in [5.74, 6) is 0.629. The molecular formula is C16H23N3. The van der Waals surface area contributed by atoms with Crippen LogP contribution in [0.4, 0.5) is 11.4 Å². The van der Waals surface area contributed by atoms with Crippen molar-refractivity contribution in [3.63, 3.8) is 0 Å². The van der Waals surface area contributed by atoms with Crippen molar-refractivity contribution in [2.45, 2.75) is 27.7 Å². The Kier molecular flexibility index (Phi) is 3.93. The molecule has 0 radical (unpaired) electrons. The molecule has 1 heterocycles. The monoisotopic (exact) mass is 257 g/mol. The van der Waals surface area contributed by atoms with E-state index < -0.39 is 0 Å². The molecule has 2 rings (SSSR count). The fourth-order valence-corrected chi connectivity index (χ4v) is 2.45. The van der Waals surface area contributed by atoms with E-state index in [4.69, 9.17) is 5.73 Å². The number of hydrogen-bond acceptors (Lipinski definition) is 3. The Bertz CT molecular complexity index is 575. The summed E-state index contributed by atoms with van der Waals surface area (Å²) < 4.78 is 0. The zero-order valence-corrected chi connectivity index (χ0v) is 12.3. The zero-order chi connectivity index (χ0) is 14.0. The molecule has 0 fully saturated rings. The molecule has 0 bridgehead atoms. The van der Waals surface area contributed by atoms with Crippen LogP contribution in [-0.2, 0) is 0 Å². The van der Waals surface area contributed by atoms with E-state index in [9.17, 15) is 0 Å². The molecule has 0 spiro atoms. The average molecular weight is 257 g/mol. The molecule has 0 saturated carbocycles. The van der Waals surface area contributed by atoms with Gasteiger partial charge in [0.05, 0.1) is 5.52 Å². The lowest BCUT2D eigenvalue weighted by Gasteiger charge is -2.27. The van der Waals surface area contributed by atoms with Gasteiger partial charge in [0.25, 0.3) is 0 Å². The molecule has 102 valence electrons. The second-order valence-electron chi connectivity index (χ2n) is 5.49. The number of aromatic nitrogens is 1. The molecule has 0 amide bonds. The summed E-state index contributed by atoms with van der Waals surface area (Å²) in [4.78, 5) is 6.99. The molecule has 0 unspecified atom stereocenters. The maximum Gasteiger partial charge on any atom is 0.0727 e. The van der Waals surface area contributed by atoms with Gasteiger partial charge in [-0.25, -0.2) is 0 Å². The number of rotatable bonds is 4. The Morgan fingerprint density at radius 3 is 2.63 bits per heavy atom. The number of pyridine rings is 1. The van der Waals surface area contributed by atoms with E-state index in [1.807, 2.05) is 25.1 Å². The lowest BCUT2D eigenvalue weighted by atomic mass is 10.1. The van der Waals surface area contributed by atoms with E-state index in [0.717, 1.165) is 35.4 Å². The smallest absolute Gasteiger partial charge is 0.0727 e. The average Bonchev–Trinajstić information content (AvgIpc) is 2.35. The highest BCUT2D eigenvalue weighted by atomic mass is 15.1. The number of fused-ring (bicyclic) bond motifs is 1. The molecule has 1 aromatic carbocycles. The summed E-state index contributed by atoms with van der Waals surface area (Å²) in [5, 5.41) is 1.15. The highest BCUT2D eigenvalue weighted by Gasteiger charge is 2.12. The Morgan fingerprint density at radius 2 is 2.00 bits per heavy atom. The topological polar surface area (TPSA) is 42.2 Å². The van der Waals surface area contributed by atoms with E-state index in [1.165, 1.54) is 5.69 Å². The largest absolute Gasteiger partial charge is 0.399 e. The molecule has 2 aromatic rings. The van der Waals surface area contributed by atoms with Crippen molar-refractivity contribution >= 4 is 22.3 Å². The fraction of sp³-hybridized carbons (Fsp3) is 0.438. The molecule has 0 atom stereocenters. The van der Waals surface area contributed by atoms with Gasteiger partial charge in [0, 0.05) is 35.5 Å². The van der Waals surface area contributed by atoms with E-state index >= 15 is 0 Å². The van der Waals surface area contributed by atoms with Crippen molar-refractivity contribution in [2.24, 2.45) is 5.92 Å². The van der Waals surface area contributed by atoms with Gasteiger partial charge < -0.3 is 10.6 Å². The van der Waals surface area contributed by atoms with Crippen LogP contribution >= 0.6 is 0 Å². The van der Waals surface area contributed by atoms with Crippen LogP contribution in [-0.4, -0.2) is 18.1 Å².